The van der Waals surface area contributed by atoms with Crippen molar-refractivity contribution >= 4 is 28.8 Å². The number of imidazole rings is 1. The molecule has 0 saturated heterocycles. The fourth-order valence-electron chi connectivity index (χ4n) is 3.74. The van der Waals surface area contributed by atoms with Crippen LogP contribution in [-0.2, 0) is 11.4 Å². The number of nitrogens with one attached hydrogen (secondary N) is 1. The molecule has 1 aliphatic heterocycles. The molecule has 0 bridgehead atoms. The lowest BCUT2D eigenvalue weighted by Gasteiger charge is -2.21. The minimum Gasteiger partial charge on any atom is -0.392 e. The Labute approximate surface area is 177 Å². The van der Waals surface area contributed by atoms with Crippen LogP contribution in [0.25, 0.3) is 11.3 Å². The zero-order chi connectivity index (χ0) is 21.4. The van der Waals surface area contributed by atoms with Gasteiger partial charge in [-0.3, -0.25) is 14.0 Å². The monoisotopic (exact) mass is 411 g/mol. The third-order valence-corrected chi connectivity index (χ3v) is 5.25. The SMILES string of the molecule is O=C(Nc1ccc(C2=C3C=CC=CC3C(=O)N=N2)c(CO)c1)c1cnc2ccccn12. The molecule has 5 rings (SSSR count). The number of pyridine rings is 1. The molecule has 0 fully saturated rings. The molecule has 2 N–H and O–H groups in total. The summed E-state index contributed by atoms with van der Waals surface area (Å²) in [5.74, 6) is -1.11. The summed E-state index contributed by atoms with van der Waals surface area (Å²) in [6.07, 6.45) is 10.5. The Bertz CT molecular complexity index is 1350. The molecule has 152 valence electrons. The molecule has 0 spiro atoms. The normalized spacial score (nSPS) is 17.3. The van der Waals surface area contributed by atoms with Gasteiger partial charge in [-0.15, -0.1) is 10.2 Å². The molecule has 0 saturated carbocycles. The Morgan fingerprint density at radius 2 is 2.06 bits per heavy atom. The van der Waals surface area contributed by atoms with Gasteiger partial charge >= 0.3 is 0 Å². The van der Waals surface area contributed by atoms with E-state index in [2.05, 4.69) is 20.5 Å². The molecule has 31 heavy (non-hydrogen) atoms. The zero-order valence-corrected chi connectivity index (χ0v) is 16.3. The summed E-state index contributed by atoms with van der Waals surface area (Å²) in [7, 11) is 0. The lowest BCUT2D eigenvalue weighted by molar-refractivity contribution is -0.119. The fourth-order valence-corrected chi connectivity index (χ4v) is 3.74. The van der Waals surface area contributed by atoms with Crippen molar-refractivity contribution in [3.63, 3.8) is 0 Å². The highest BCUT2D eigenvalue weighted by Crippen LogP contribution is 2.36. The predicted molar refractivity (Wildman–Crippen MR) is 114 cm³/mol. The van der Waals surface area contributed by atoms with E-state index < -0.39 is 5.92 Å². The van der Waals surface area contributed by atoms with Crippen molar-refractivity contribution in [2.45, 2.75) is 6.61 Å². The van der Waals surface area contributed by atoms with Crippen molar-refractivity contribution < 1.29 is 14.7 Å². The van der Waals surface area contributed by atoms with Crippen LogP contribution in [0.1, 0.15) is 21.6 Å². The smallest absolute Gasteiger partial charge is 0.276 e. The van der Waals surface area contributed by atoms with Crippen molar-refractivity contribution in [1.82, 2.24) is 9.38 Å². The number of azo groups is 1. The molecule has 2 aromatic heterocycles. The largest absolute Gasteiger partial charge is 0.392 e. The van der Waals surface area contributed by atoms with Gasteiger partial charge in [0.05, 0.1) is 24.4 Å². The van der Waals surface area contributed by atoms with E-state index in [1.54, 1.807) is 40.9 Å². The Hall–Kier alpha value is -4.17. The number of carbonyl (C=O) groups excluding carboxylic acids is 2. The van der Waals surface area contributed by atoms with E-state index in [1.165, 1.54) is 6.20 Å². The van der Waals surface area contributed by atoms with Gasteiger partial charge in [0.15, 0.2) is 0 Å². The molecular formula is C23H17N5O3. The molecule has 1 aromatic carbocycles. The predicted octanol–water partition coefficient (Wildman–Crippen LogP) is 3.52. The molecule has 2 amide bonds. The van der Waals surface area contributed by atoms with Crippen LogP contribution < -0.4 is 5.32 Å². The van der Waals surface area contributed by atoms with Crippen molar-refractivity contribution in [3.8, 4) is 0 Å². The number of aliphatic hydroxyl groups excluding tert-OH is 1. The first-order valence-electron chi connectivity index (χ1n) is 9.68. The quantitative estimate of drug-likeness (QED) is 0.685. The maximum Gasteiger partial charge on any atom is 0.276 e. The molecule has 0 radical (unpaired) electrons. The second kappa shape index (κ2) is 7.58. The van der Waals surface area contributed by atoms with E-state index in [0.29, 0.717) is 33.9 Å². The number of fused-ring (bicyclic) bond motifs is 2. The number of hydrogen-bond donors (Lipinski definition) is 2. The summed E-state index contributed by atoms with van der Waals surface area (Å²) < 4.78 is 1.70. The van der Waals surface area contributed by atoms with E-state index in [-0.39, 0.29) is 18.4 Å². The van der Waals surface area contributed by atoms with Gasteiger partial charge in [-0.2, -0.15) is 0 Å². The topological polar surface area (TPSA) is 108 Å². The van der Waals surface area contributed by atoms with Crippen LogP contribution in [0.3, 0.4) is 0 Å². The Balaban J connectivity index is 1.48. The lowest BCUT2D eigenvalue weighted by Crippen LogP contribution is -2.18. The highest BCUT2D eigenvalue weighted by Gasteiger charge is 2.28. The van der Waals surface area contributed by atoms with Crippen molar-refractivity contribution in [1.29, 1.82) is 0 Å². The van der Waals surface area contributed by atoms with Crippen molar-refractivity contribution in [2.75, 3.05) is 5.32 Å². The molecule has 1 unspecified atom stereocenters. The van der Waals surface area contributed by atoms with Crippen molar-refractivity contribution in [2.24, 2.45) is 16.1 Å². The zero-order valence-electron chi connectivity index (χ0n) is 16.3. The standard InChI is InChI=1S/C23H17N5O3/c29-13-14-11-15(25-23(31)19-12-24-20-7-3-4-10-28(19)20)8-9-16(14)21-17-5-1-2-6-18(17)22(30)27-26-21/h1-12,18,29H,13H2,(H,25,31). The molecule has 1 aliphatic carbocycles. The van der Waals surface area contributed by atoms with Crippen LogP contribution in [0, 0.1) is 5.92 Å². The van der Waals surface area contributed by atoms with Crippen LogP contribution in [0.5, 0.6) is 0 Å². The first-order valence-corrected chi connectivity index (χ1v) is 9.68. The van der Waals surface area contributed by atoms with Crippen molar-refractivity contribution in [3.05, 3.63) is 95.5 Å². The number of amides is 2. The maximum absolute atomic E-state index is 12.8. The molecule has 8 nitrogen and oxygen atoms in total. The third-order valence-electron chi connectivity index (χ3n) is 5.25. The van der Waals surface area contributed by atoms with E-state index in [1.807, 2.05) is 30.4 Å². The fraction of sp³-hybridized carbons (Fsp3) is 0.0870. The Morgan fingerprint density at radius 3 is 2.94 bits per heavy atom. The molecule has 2 aliphatic rings. The third kappa shape index (κ3) is 3.28. The van der Waals surface area contributed by atoms with E-state index in [0.717, 1.165) is 5.57 Å². The summed E-state index contributed by atoms with van der Waals surface area (Å²) >= 11 is 0. The van der Waals surface area contributed by atoms with Crippen LogP contribution >= 0.6 is 0 Å². The number of hydrogen-bond acceptors (Lipinski definition) is 5. The summed E-state index contributed by atoms with van der Waals surface area (Å²) in [6.45, 7) is -0.265. The van der Waals surface area contributed by atoms with Crippen LogP contribution in [-0.4, -0.2) is 26.3 Å². The second-order valence-corrected chi connectivity index (χ2v) is 7.12. The average molecular weight is 411 g/mol. The summed E-state index contributed by atoms with van der Waals surface area (Å²) in [5, 5.41) is 20.7. The van der Waals surface area contributed by atoms with E-state index in [9.17, 15) is 14.7 Å². The van der Waals surface area contributed by atoms with Crippen LogP contribution in [0.15, 0.2) is 88.9 Å². The van der Waals surface area contributed by atoms with Gasteiger partial charge in [0.2, 0.25) is 0 Å². The molecule has 3 aromatic rings. The number of carbonyl (C=O) groups is 2. The summed E-state index contributed by atoms with van der Waals surface area (Å²) in [4.78, 5) is 29.1. The van der Waals surface area contributed by atoms with E-state index >= 15 is 0 Å². The van der Waals surface area contributed by atoms with E-state index in [4.69, 9.17) is 0 Å². The number of nitrogens with zero attached hydrogens (tertiary/aromatic N) is 4. The van der Waals surface area contributed by atoms with Gasteiger partial charge in [0.1, 0.15) is 11.3 Å². The summed E-state index contributed by atoms with van der Waals surface area (Å²) in [5.41, 5.74) is 4.09. The van der Waals surface area contributed by atoms with Gasteiger partial charge < -0.3 is 10.4 Å². The molecule has 1 atom stereocenters. The van der Waals surface area contributed by atoms with Gasteiger partial charge in [-0.05, 0) is 35.4 Å². The van der Waals surface area contributed by atoms with Gasteiger partial charge in [0.25, 0.3) is 11.8 Å². The maximum atomic E-state index is 12.8. The molecule has 3 heterocycles. The summed E-state index contributed by atoms with van der Waals surface area (Å²) in [6, 6.07) is 10.7. The lowest BCUT2D eigenvalue weighted by atomic mass is 9.88. The minimum absolute atomic E-state index is 0.265. The first kappa shape index (κ1) is 18.8. The highest BCUT2D eigenvalue weighted by atomic mass is 16.3. The molecule has 8 heteroatoms. The molecular weight excluding hydrogens is 394 g/mol. The minimum atomic E-state index is -0.474. The number of rotatable bonds is 4. The number of anilines is 1. The number of aliphatic hydroxyl groups is 1. The van der Waals surface area contributed by atoms with Gasteiger partial charge in [0, 0.05) is 17.4 Å². The van der Waals surface area contributed by atoms with Crippen LogP contribution in [0.2, 0.25) is 0 Å². The number of benzene rings is 1. The van der Waals surface area contributed by atoms with Gasteiger partial charge in [-0.25, -0.2) is 4.98 Å². The number of aromatic nitrogens is 2. The number of allylic oxidation sites excluding steroid dienone is 3. The first-order chi connectivity index (χ1) is 15.2. The van der Waals surface area contributed by atoms with Crippen LogP contribution in [0.4, 0.5) is 5.69 Å². The Kier molecular flexibility index (Phi) is 4.61. The highest BCUT2D eigenvalue weighted by molar-refractivity contribution is 6.03. The van der Waals surface area contributed by atoms with Gasteiger partial charge in [-0.1, -0.05) is 36.4 Å². The average Bonchev–Trinajstić information content (AvgIpc) is 3.24. The second-order valence-electron chi connectivity index (χ2n) is 7.12. The Morgan fingerprint density at radius 1 is 1.16 bits per heavy atom.